The van der Waals surface area contributed by atoms with Crippen LogP contribution in [0.1, 0.15) is 24.0 Å². The van der Waals surface area contributed by atoms with Crippen LogP contribution in [-0.2, 0) is 17.6 Å². The van der Waals surface area contributed by atoms with Gasteiger partial charge < -0.3 is 20.9 Å². The lowest BCUT2D eigenvalue weighted by Crippen LogP contribution is -2.44. The van der Waals surface area contributed by atoms with Gasteiger partial charge in [-0.2, -0.15) is 0 Å². The number of nitrogens with two attached hydrogens (primary N) is 1. The minimum atomic E-state index is -0.0580. The molecule has 33 heavy (non-hydrogen) atoms. The molecule has 0 aliphatic carbocycles. The predicted molar refractivity (Wildman–Crippen MR) is 135 cm³/mol. The molecule has 0 bridgehead atoms. The van der Waals surface area contributed by atoms with Gasteiger partial charge in [0.05, 0.1) is 12.1 Å². The fourth-order valence-electron chi connectivity index (χ4n) is 4.05. The number of pyridine rings is 1. The minimum Gasteiger partial charge on any atom is -0.384 e. The normalized spacial score (nSPS) is 14.9. The van der Waals surface area contributed by atoms with Gasteiger partial charge in [0.25, 0.3) is 0 Å². The summed E-state index contributed by atoms with van der Waals surface area (Å²) >= 11 is 1.41. The lowest BCUT2D eigenvalue weighted by molar-refractivity contribution is -0.115. The van der Waals surface area contributed by atoms with E-state index in [9.17, 15) is 4.79 Å². The number of nitrogen functional groups attached to an aromatic ring is 1. The summed E-state index contributed by atoms with van der Waals surface area (Å²) in [6.07, 6.45) is 5.43. The molecule has 7 nitrogen and oxygen atoms in total. The Morgan fingerprint density at radius 3 is 2.76 bits per heavy atom. The smallest absolute Gasteiger partial charge is 0.230 e. The van der Waals surface area contributed by atoms with Crippen molar-refractivity contribution in [3.8, 4) is 11.3 Å². The third kappa shape index (κ3) is 7.08. The van der Waals surface area contributed by atoms with Crippen LogP contribution < -0.4 is 11.1 Å². The van der Waals surface area contributed by atoms with Crippen molar-refractivity contribution in [2.45, 2.75) is 25.7 Å². The van der Waals surface area contributed by atoms with Gasteiger partial charge in [0.2, 0.25) is 5.91 Å². The largest absolute Gasteiger partial charge is 0.384 e. The second kappa shape index (κ2) is 11.4. The predicted octanol–water partition coefficient (Wildman–Crippen LogP) is 3.54. The van der Waals surface area contributed by atoms with E-state index in [2.05, 4.69) is 44.3 Å². The molecule has 0 unspecified atom stereocenters. The summed E-state index contributed by atoms with van der Waals surface area (Å²) in [7, 11) is 2.19. The molecule has 8 heteroatoms. The Hall–Kier alpha value is -2.81. The third-order valence-corrected chi connectivity index (χ3v) is 6.73. The van der Waals surface area contributed by atoms with Gasteiger partial charge in [0.1, 0.15) is 5.82 Å². The molecule has 3 N–H and O–H groups in total. The maximum atomic E-state index is 12.6. The molecule has 0 radical (unpaired) electrons. The van der Waals surface area contributed by atoms with E-state index in [1.165, 1.54) is 62.5 Å². The summed E-state index contributed by atoms with van der Waals surface area (Å²) in [5.41, 5.74) is 9.75. The van der Waals surface area contributed by atoms with Crippen LogP contribution in [0.2, 0.25) is 0 Å². The van der Waals surface area contributed by atoms with Crippen molar-refractivity contribution in [1.82, 2.24) is 19.8 Å². The number of carbonyl (C=O) groups excluding carboxylic acids is 1. The fourth-order valence-corrected chi connectivity index (χ4v) is 4.79. The molecule has 0 atom stereocenters. The Balaban J connectivity index is 1.23. The van der Waals surface area contributed by atoms with Gasteiger partial charge in [0, 0.05) is 43.3 Å². The SMILES string of the molecule is CN1CCN(CCCCc2cccc(CC(=O)Nc3nc(-c4ccnc(N)c4)cs3)c2)CC1. The molecule has 2 aromatic heterocycles. The number of rotatable bonds is 9. The van der Waals surface area contributed by atoms with E-state index in [4.69, 9.17) is 5.73 Å². The first-order valence-electron chi connectivity index (χ1n) is 11.5. The van der Waals surface area contributed by atoms with Gasteiger partial charge in [-0.3, -0.25) is 4.79 Å². The van der Waals surface area contributed by atoms with Gasteiger partial charge in [-0.1, -0.05) is 24.3 Å². The molecule has 3 aromatic rings. The first-order chi connectivity index (χ1) is 16.0. The van der Waals surface area contributed by atoms with E-state index in [0.29, 0.717) is 17.4 Å². The monoisotopic (exact) mass is 464 g/mol. The van der Waals surface area contributed by atoms with E-state index in [1.54, 1.807) is 12.3 Å². The quantitative estimate of drug-likeness (QED) is 0.471. The number of piperazine rings is 1. The summed E-state index contributed by atoms with van der Waals surface area (Å²) in [5.74, 6) is 0.391. The number of thiazole rings is 1. The van der Waals surface area contributed by atoms with Crippen LogP contribution in [0.15, 0.2) is 48.0 Å². The first-order valence-corrected chi connectivity index (χ1v) is 12.4. The van der Waals surface area contributed by atoms with Crippen LogP contribution in [0.4, 0.5) is 10.9 Å². The molecule has 4 rings (SSSR count). The minimum absolute atomic E-state index is 0.0580. The zero-order chi connectivity index (χ0) is 23.0. The second-order valence-corrected chi connectivity index (χ2v) is 9.51. The van der Waals surface area contributed by atoms with Gasteiger partial charge in [-0.05, 0) is 56.1 Å². The average Bonchev–Trinajstić information content (AvgIpc) is 3.26. The molecule has 0 spiro atoms. The second-order valence-electron chi connectivity index (χ2n) is 8.65. The Kier molecular flexibility index (Phi) is 8.04. The highest BCUT2D eigenvalue weighted by molar-refractivity contribution is 7.14. The molecule has 1 amide bonds. The Morgan fingerprint density at radius 2 is 1.94 bits per heavy atom. The van der Waals surface area contributed by atoms with E-state index in [1.807, 2.05) is 23.6 Å². The highest BCUT2D eigenvalue weighted by Gasteiger charge is 2.13. The molecule has 1 aromatic carbocycles. The summed E-state index contributed by atoms with van der Waals surface area (Å²) < 4.78 is 0. The zero-order valence-electron chi connectivity index (χ0n) is 19.2. The Labute approximate surface area is 199 Å². The van der Waals surface area contributed by atoms with Gasteiger partial charge in [0.15, 0.2) is 5.13 Å². The van der Waals surface area contributed by atoms with Gasteiger partial charge in [-0.25, -0.2) is 9.97 Å². The molecule has 1 aliphatic rings. The van der Waals surface area contributed by atoms with Crippen LogP contribution in [0.5, 0.6) is 0 Å². The number of aryl methyl sites for hydroxylation is 1. The zero-order valence-corrected chi connectivity index (χ0v) is 20.0. The Bertz CT molecular complexity index is 1060. The van der Waals surface area contributed by atoms with Crippen molar-refractivity contribution in [1.29, 1.82) is 0 Å². The third-order valence-electron chi connectivity index (χ3n) is 5.97. The highest BCUT2D eigenvalue weighted by Crippen LogP contribution is 2.25. The van der Waals surface area contributed by atoms with Crippen LogP contribution >= 0.6 is 11.3 Å². The van der Waals surface area contributed by atoms with Crippen molar-refractivity contribution in [2.75, 3.05) is 50.8 Å². The summed E-state index contributed by atoms with van der Waals surface area (Å²) in [5, 5.41) is 5.42. The number of amides is 1. The van der Waals surface area contributed by atoms with Crippen molar-refractivity contribution in [3.63, 3.8) is 0 Å². The first kappa shape index (κ1) is 23.4. The lowest BCUT2D eigenvalue weighted by atomic mass is 10.0. The maximum Gasteiger partial charge on any atom is 0.230 e. The lowest BCUT2D eigenvalue weighted by Gasteiger charge is -2.32. The number of hydrogen-bond donors (Lipinski definition) is 2. The number of nitrogens with one attached hydrogen (secondary N) is 1. The summed E-state index contributed by atoms with van der Waals surface area (Å²) in [6.45, 7) is 5.88. The van der Waals surface area contributed by atoms with E-state index in [0.717, 1.165) is 23.2 Å². The molecule has 3 heterocycles. The standard InChI is InChI=1S/C25H32N6OS/c1-30-11-13-31(14-12-30)10-3-2-5-19-6-4-7-20(15-19)16-24(32)29-25-28-22(18-33-25)21-8-9-27-23(26)17-21/h4,6-9,15,17-18H,2-3,5,10-14,16H2,1H3,(H2,26,27)(H,28,29,32). The van der Waals surface area contributed by atoms with E-state index in [-0.39, 0.29) is 5.91 Å². The fraction of sp³-hybridized carbons (Fsp3) is 0.400. The summed E-state index contributed by atoms with van der Waals surface area (Å²) in [6, 6.07) is 12.0. The van der Waals surface area contributed by atoms with Crippen molar-refractivity contribution >= 4 is 28.2 Å². The van der Waals surface area contributed by atoms with Gasteiger partial charge in [-0.15, -0.1) is 11.3 Å². The molecule has 0 saturated carbocycles. The number of unbranched alkanes of at least 4 members (excludes halogenated alkanes) is 1. The summed E-state index contributed by atoms with van der Waals surface area (Å²) in [4.78, 5) is 26.0. The van der Waals surface area contributed by atoms with Crippen LogP contribution in [0.3, 0.4) is 0 Å². The van der Waals surface area contributed by atoms with Crippen LogP contribution in [0.25, 0.3) is 11.3 Å². The average molecular weight is 465 g/mol. The molecule has 1 fully saturated rings. The molecule has 1 aliphatic heterocycles. The topological polar surface area (TPSA) is 87.4 Å². The number of aromatic nitrogens is 2. The highest BCUT2D eigenvalue weighted by atomic mass is 32.1. The van der Waals surface area contributed by atoms with Crippen molar-refractivity contribution in [2.24, 2.45) is 0 Å². The number of anilines is 2. The Morgan fingerprint density at radius 1 is 1.12 bits per heavy atom. The van der Waals surface area contributed by atoms with Crippen LogP contribution in [-0.4, -0.2) is 65.4 Å². The number of benzene rings is 1. The maximum absolute atomic E-state index is 12.6. The number of carbonyl (C=O) groups is 1. The molecular formula is C25H32N6OS. The molecule has 174 valence electrons. The number of likely N-dealkylation sites (N-methyl/N-ethyl adjacent to an activating group) is 1. The van der Waals surface area contributed by atoms with Crippen molar-refractivity contribution in [3.05, 3.63) is 59.1 Å². The van der Waals surface area contributed by atoms with E-state index >= 15 is 0 Å². The van der Waals surface area contributed by atoms with Gasteiger partial charge >= 0.3 is 0 Å². The van der Waals surface area contributed by atoms with E-state index < -0.39 is 0 Å². The number of nitrogens with zero attached hydrogens (tertiary/aromatic N) is 4. The molecule has 1 saturated heterocycles. The van der Waals surface area contributed by atoms with Crippen molar-refractivity contribution < 1.29 is 4.79 Å². The molecular weight excluding hydrogens is 432 g/mol. The number of hydrogen-bond acceptors (Lipinski definition) is 7. The van der Waals surface area contributed by atoms with Crippen LogP contribution in [0, 0.1) is 0 Å².